The Labute approximate surface area is 152 Å². The molecule has 0 radical (unpaired) electrons. The number of aryl methyl sites for hydroxylation is 1. The highest BCUT2D eigenvalue weighted by molar-refractivity contribution is 14.1. The van der Waals surface area contributed by atoms with Crippen molar-refractivity contribution in [3.63, 3.8) is 0 Å². The van der Waals surface area contributed by atoms with Crippen molar-refractivity contribution >= 4 is 34.4 Å². The Morgan fingerprint density at radius 1 is 1.30 bits per heavy atom. The number of carbonyl (C=O) groups is 2. The molecule has 0 saturated carbocycles. The molecule has 2 rings (SSSR count). The summed E-state index contributed by atoms with van der Waals surface area (Å²) < 4.78 is 1.01. The minimum Gasteiger partial charge on any atom is -0.349 e. The van der Waals surface area contributed by atoms with Crippen molar-refractivity contribution < 1.29 is 9.59 Å². The maximum atomic E-state index is 12.5. The third-order valence-electron chi connectivity index (χ3n) is 4.20. The zero-order valence-corrected chi connectivity index (χ0v) is 16.2. The van der Waals surface area contributed by atoms with Gasteiger partial charge in [-0.25, -0.2) is 0 Å². The smallest absolute Gasteiger partial charge is 0.252 e. The fourth-order valence-corrected chi connectivity index (χ4v) is 3.44. The van der Waals surface area contributed by atoms with E-state index in [2.05, 4.69) is 41.8 Å². The predicted octanol–water partition coefficient (Wildman–Crippen LogP) is 3.37. The van der Waals surface area contributed by atoms with Gasteiger partial charge in [0.25, 0.3) is 5.91 Å². The number of amides is 2. The first-order chi connectivity index (χ1) is 10.9. The lowest BCUT2D eigenvalue weighted by Crippen LogP contribution is -2.46. The maximum absolute atomic E-state index is 12.5. The average molecular weight is 428 g/mol. The van der Waals surface area contributed by atoms with Gasteiger partial charge in [-0.2, -0.15) is 0 Å². The molecule has 0 aliphatic carbocycles. The number of halogens is 1. The van der Waals surface area contributed by atoms with Gasteiger partial charge in [0, 0.05) is 29.1 Å². The van der Waals surface area contributed by atoms with E-state index in [1.165, 1.54) is 0 Å². The van der Waals surface area contributed by atoms with E-state index in [9.17, 15) is 9.59 Å². The van der Waals surface area contributed by atoms with Crippen molar-refractivity contribution in [1.29, 1.82) is 0 Å². The van der Waals surface area contributed by atoms with E-state index in [-0.39, 0.29) is 17.9 Å². The van der Waals surface area contributed by atoms with E-state index in [0.29, 0.717) is 12.3 Å². The summed E-state index contributed by atoms with van der Waals surface area (Å²) in [7, 11) is 0. The maximum Gasteiger partial charge on any atom is 0.252 e. The van der Waals surface area contributed by atoms with Crippen LogP contribution < -0.4 is 5.32 Å². The Morgan fingerprint density at radius 2 is 1.96 bits per heavy atom. The Hall–Kier alpha value is -1.11. The highest BCUT2D eigenvalue weighted by Crippen LogP contribution is 2.18. The first-order valence-electron chi connectivity index (χ1n) is 8.22. The lowest BCUT2D eigenvalue weighted by molar-refractivity contribution is -0.133. The van der Waals surface area contributed by atoms with Crippen LogP contribution in [0.2, 0.25) is 0 Å². The summed E-state index contributed by atoms with van der Waals surface area (Å²) in [6, 6.07) is 5.95. The van der Waals surface area contributed by atoms with Crippen molar-refractivity contribution in [2.75, 3.05) is 13.1 Å². The highest BCUT2D eigenvalue weighted by Gasteiger charge is 2.24. The lowest BCUT2D eigenvalue weighted by Gasteiger charge is -2.33. The van der Waals surface area contributed by atoms with E-state index < -0.39 is 0 Å². The molecule has 1 heterocycles. The monoisotopic (exact) mass is 428 g/mol. The summed E-state index contributed by atoms with van der Waals surface area (Å²) in [5, 5.41) is 3.12. The molecule has 1 aromatic rings. The van der Waals surface area contributed by atoms with Gasteiger partial charge < -0.3 is 10.2 Å². The van der Waals surface area contributed by atoms with Crippen molar-refractivity contribution in [2.45, 2.75) is 46.1 Å². The molecule has 1 aromatic carbocycles. The van der Waals surface area contributed by atoms with Crippen LogP contribution in [0.3, 0.4) is 0 Å². The molecular weight excluding hydrogens is 403 g/mol. The molecule has 0 bridgehead atoms. The standard InChI is InChI=1S/C18H25IN2O2/c1-12(2)11-16(22)21-9-7-14(8-10-21)20-18(23)15-6-4-5-13(3)17(15)19/h4-6,12,14H,7-11H2,1-3H3,(H,20,23). The third-order valence-corrected chi connectivity index (χ3v) is 5.63. The summed E-state index contributed by atoms with van der Waals surface area (Å²) in [4.78, 5) is 26.5. The molecule has 1 aliphatic heterocycles. The molecule has 0 spiro atoms. The van der Waals surface area contributed by atoms with Crippen LogP contribution in [0.4, 0.5) is 0 Å². The second-order valence-corrected chi connectivity index (χ2v) is 7.74. The van der Waals surface area contributed by atoms with Crippen LogP contribution in [0.25, 0.3) is 0 Å². The number of rotatable bonds is 4. The molecule has 1 aliphatic rings. The molecule has 5 heteroatoms. The first kappa shape index (κ1) is 18.2. The van der Waals surface area contributed by atoms with E-state index in [4.69, 9.17) is 0 Å². The fraction of sp³-hybridized carbons (Fsp3) is 0.556. The minimum absolute atomic E-state index is 0.00921. The van der Waals surface area contributed by atoms with Crippen LogP contribution in [0.1, 0.15) is 49.0 Å². The molecule has 1 saturated heterocycles. The quantitative estimate of drug-likeness (QED) is 0.748. The van der Waals surface area contributed by atoms with E-state index in [1.54, 1.807) is 0 Å². The van der Waals surface area contributed by atoms with Gasteiger partial charge in [0.2, 0.25) is 5.91 Å². The summed E-state index contributed by atoms with van der Waals surface area (Å²) in [6.45, 7) is 7.61. The zero-order chi connectivity index (χ0) is 17.0. The van der Waals surface area contributed by atoms with Crippen molar-refractivity contribution in [1.82, 2.24) is 10.2 Å². The number of benzene rings is 1. The molecule has 1 N–H and O–H groups in total. The van der Waals surface area contributed by atoms with Crippen LogP contribution in [-0.2, 0) is 4.79 Å². The second-order valence-electron chi connectivity index (χ2n) is 6.66. The fourth-order valence-electron chi connectivity index (χ4n) is 2.84. The van der Waals surface area contributed by atoms with Gasteiger partial charge in [-0.15, -0.1) is 0 Å². The van der Waals surface area contributed by atoms with Crippen molar-refractivity contribution in [3.8, 4) is 0 Å². The lowest BCUT2D eigenvalue weighted by atomic mass is 10.0. The molecule has 23 heavy (non-hydrogen) atoms. The van der Waals surface area contributed by atoms with Gasteiger partial charge in [-0.3, -0.25) is 9.59 Å². The Morgan fingerprint density at radius 3 is 2.57 bits per heavy atom. The van der Waals surface area contributed by atoms with Crippen LogP contribution in [-0.4, -0.2) is 35.8 Å². The van der Waals surface area contributed by atoms with Gasteiger partial charge in [-0.1, -0.05) is 26.0 Å². The molecule has 2 amide bonds. The number of nitrogens with zero attached hydrogens (tertiary/aromatic N) is 1. The molecular formula is C18H25IN2O2. The van der Waals surface area contributed by atoms with E-state index in [0.717, 1.165) is 40.6 Å². The number of carbonyl (C=O) groups excluding carboxylic acids is 2. The van der Waals surface area contributed by atoms with Crippen LogP contribution in [0.5, 0.6) is 0 Å². The predicted molar refractivity (Wildman–Crippen MR) is 100 cm³/mol. The van der Waals surface area contributed by atoms with E-state index in [1.807, 2.05) is 30.0 Å². The number of likely N-dealkylation sites (tertiary alicyclic amines) is 1. The van der Waals surface area contributed by atoms with Crippen LogP contribution in [0.15, 0.2) is 18.2 Å². The Kier molecular flexibility index (Phi) is 6.44. The normalized spacial score (nSPS) is 15.8. The number of nitrogens with one attached hydrogen (secondary N) is 1. The third kappa shape index (κ3) is 4.93. The Bertz CT molecular complexity index is 578. The summed E-state index contributed by atoms with van der Waals surface area (Å²) in [6.07, 6.45) is 2.27. The molecule has 0 unspecified atom stereocenters. The van der Waals surface area contributed by atoms with Gasteiger partial charge in [0.1, 0.15) is 0 Å². The zero-order valence-electron chi connectivity index (χ0n) is 14.1. The largest absolute Gasteiger partial charge is 0.349 e. The molecule has 126 valence electrons. The summed E-state index contributed by atoms with van der Waals surface area (Å²) in [5.74, 6) is 0.617. The SMILES string of the molecule is Cc1cccc(C(=O)NC2CCN(C(=O)CC(C)C)CC2)c1I. The van der Waals surface area contributed by atoms with Crippen molar-refractivity contribution in [2.24, 2.45) is 5.92 Å². The van der Waals surface area contributed by atoms with Crippen LogP contribution in [0, 0.1) is 16.4 Å². The first-order valence-corrected chi connectivity index (χ1v) is 9.30. The van der Waals surface area contributed by atoms with Crippen molar-refractivity contribution in [3.05, 3.63) is 32.9 Å². The number of hydrogen-bond donors (Lipinski definition) is 1. The van der Waals surface area contributed by atoms with E-state index >= 15 is 0 Å². The Balaban J connectivity index is 1.88. The molecule has 0 atom stereocenters. The molecule has 0 aromatic heterocycles. The van der Waals surface area contributed by atoms with Gasteiger partial charge in [0.05, 0.1) is 5.56 Å². The highest BCUT2D eigenvalue weighted by atomic mass is 127. The summed E-state index contributed by atoms with van der Waals surface area (Å²) in [5.41, 5.74) is 1.86. The number of hydrogen-bond acceptors (Lipinski definition) is 2. The van der Waals surface area contributed by atoms with Crippen LogP contribution >= 0.6 is 22.6 Å². The average Bonchev–Trinajstić information content (AvgIpc) is 2.50. The van der Waals surface area contributed by atoms with Gasteiger partial charge in [-0.05, 0) is 59.9 Å². The minimum atomic E-state index is -0.00921. The van der Waals surface area contributed by atoms with Gasteiger partial charge >= 0.3 is 0 Å². The second kappa shape index (κ2) is 8.13. The molecule has 1 fully saturated rings. The van der Waals surface area contributed by atoms with Gasteiger partial charge in [0.15, 0.2) is 0 Å². The number of piperidine rings is 1. The topological polar surface area (TPSA) is 49.4 Å². The summed E-state index contributed by atoms with van der Waals surface area (Å²) >= 11 is 2.22. The molecule has 4 nitrogen and oxygen atoms in total.